The van der Waals surface area contributed by atoms with Gasteiger partial charge in [0.05, 0.1) is 0 Å². The van der Waals surface area contributed by atoms with Gasteiger partial charge in [0.25, 0.3) is 11.8 Å². The number of carbonyl (C=O) groups excluding carboxylic acids is 3. The lowest BCUT2D eigenvalue weighted by atomic mass is 10.0. The second-order valence-corrected chi connectivity index (χ2v) is 8.33. The molecule has 0 aliphatic carbocycles. The van der Waals surface area contributed by atoms with Crippen LogP contribution in [0.5, 0.6) is 11.5 Å². The van der Waals surface area contributed by atoms with Crippen molar-refractivity contribution in [1.82, 2.24) is 10.8 Å². The molecule has 0 unspecified atom stereocenters. The van der Waals surface area contributed by atoms with Crippen LogP contribution in [0.4, 0.5) is 4.79 Å². The van der Waals surface area contributed by atoms with Crippen LogP contribution in [0.15, 0.2) is 91.0 Å². The molecule has 0 aliphatic rings. The monoisotopic (exact) mass is 588 g/mol. The number of rotatable bonds is 8. The molecule has 0 heterocycles. The smallest absolute Gasteiger partial charge is 0.414 e. The molecule has 180 valence electrons. The Morgan fingerprint density at radius 2 is 1.60 bits per heavy atom. The minimum Gasteiger partial charge on any atom is -0.508 e. The molecule has 9 nitrogen and oxygen atoms in total. The number of aromatic hydroxyl groups is 1. The second kappa shape index (κ2) is 12.5. The van der Waals surface area contributed by atoms with Crippen molar-refractivity contribution in [2.24, 2.45) is 0 Å². The topological polar surface area (TPSA) is 134 Å². The van der Waals surface area contributed by atoms with Crippen molar-refractivity contribution in [3.8, 4) is 11.5 Å². The van der Waals surface area contributed by atoms with E-state index in [0.717, 1.165) is 9.65 Å². The lowest BCUT2D eigenvalue weighted by molar-refractivity contribution is -0.124. The van der Waals surface area contributed by atoms with Crippen molar-refractivity contribution in [2.75, 3.05) is 0 Å². The molecule has 0 radical (unpaired) electrons. The highest BCUT2D eigenvalue weighted by molar-refractivity contribution is 14.1. The molecule has 0 spiro atoms. The summed E-state index contributed by atoms with van der Waals surface area (Å²) in [6.45, 7) is 0. The molecular formula is C25H21IN2O7. The Morgan fingerprint density at radius 1 is 0.943 bits per heavy atom. The van der Waals surface area contributed by atoms with Crippen LogP contribution >= 0.6 is 22.6 Å². The van der Waals surface area contributed by atoms with E-state index in [2.05, 4.69) is 5.32 Å². The normalized spacial score (nSPS) is 12.4. The number of amides is 3. The molecule has 0 aromatic heterocycles. The van der Waals surface area contributed by atoms with E-state index in [0.29, 0.717) is 5.75 Å². The first-order valence-corrected chi connectivity index (χ1v) is 11.3. The van der Waals surface area contributed by atoms with Crippen molar-refractivity contribution in [3.63, 3.8) is 0 Å². The Morgan fingerprint density at radius 3 is 2.26 bits per heavy atom. The lowest BCUT2D eigenvalue weighted by Gasteiger charge is -2.26. The van der Waals surface area contributed by atoms with Crippen molar-refractivity contribution in [1.29, 1.82) is 0 Å². The molecular weight excluding hydrogens is 567 g/mol. The van der Waals surface area contributed by atoms with Gasteiger partial charge < -0.3 is 14.6 Å². The predicted octanol–water partition coefficient (Wildman–Crippen LogP) is 4.11. The van der Waals surface area contributed by atoms with Gasteiger partial charge in [0, 0.05) is 20.8 Å². The number of carbonyl (C=O) groups is 3. The van der Waals surface area contributed by atoms with Gasteiger partial charge in [-0.15, -0.1) is 0 Å². The van der Waals surface area contributed by atoms with Crippen LogP contribution in [0, 0.1) is 3.57 Å². The van der Waals surface area contributed by atoms with Crippen LogP contribution < -0.4 is 15.5 Å². The van der Waals surface area contributed by atoms with Crippen molar-refractivity contribution in [3.05, 3.63) is 106 Å². The minimum atomic E-state index is -1.30. The summed E-state index contributed by atoms with van der Waals surface area (Å²) in [6.07, 6.45) is -1.28. The summed E-state index contributed by atoms with van der Waals surface area (Å²) in [5.74, 6) is -1.34. The highest BCUT2D eigenvalue weighted by Crippen LogP contribution is 2.33. The molecule has 2 atom stereocenters. The van der Waals surface area contributed by atoms with Crippen molar-refractivity contribution in [2.45, 2.75) is 12.2 Å². The fourth-order valence-corrected chi connectivity index (χ4v) is 3.55. The average Bonchev–Trinajstić information content (AvgIpc) is 2.87. The van der Waals surface area contributed by atoms with Gasteiger partial charge in [-0.05, 0) is 71.1 Å². The molecule has 10 heteroatoms. The number of imide groups is 1. The number of ether oxygens (including phenoxy) is 2. The van der Waals surface area contributed by atoms with Crippen LogP contribution in [0.3, 0.4) is 0 Å². The van der Waals surface area contributed by atoms with Crippen LogP contribution in [-0.4, -0.2) is 34.3 Å². The van der Waals surface area contributed by atoms with E-state index in [-0.39, 0.29) is 16.9 Å². The summed E-state index contributed by atoms with van der Waals surface area (Å²) in [6, 6.07) is 21.3. The van der Waals surface area contributed by atoms with Gasteiger partial charge in [-0.25, -0.2) is 10.3 Å². The number of hydroxylamine groups is 1. The van der Waals surface area contributed by atoms with Gasteiger partial charge >= 0.3 is 6.09 Å². The lowest BCUT2D eigenvalue weighted by Crippen LogP contribution is -2.36. The average molecular weight is 588 g/mol. The molecule has 0 aliphatic heterocycles. The maximum atomic E-state index is 12.7. The Balaban J connectivity index is 1.96. The van der Waals surface area contributed by atoms with Gasteiger partial charge in [0.15, 0.2) is 12.2 Å². The van der Waals surface area contributed by atoms with E-state index < -0.39 is 30.1 Å². The van der Waals surface area contributed by atoms with Gasteiger partial charge in [-0.1, -0.05) is 36.4 Å². The summed E-state index contributed by atoms with van der Waals surface area (Å²) in [5, 5.41) is 21.5. The number of nitrogens with one attached hydrogen (secondary N) is 2. The molecule has 3 aromatic carbocycles. The number of halogens is 1. The van der Waals surface area contributed by atoms with Crippen molar-refractivity contribution >= 4 is 40.5 Å². The molecule has 4 N–H and O–H groups in total. The molecule has 0 fully saturated rings. The fraction of sp³-hybridized carbons (Fsp3) is 0.0800. The van der Waals surface area contributed by atoms with Crippen molar-refractivity contribution < 1.29 is 34.2 Å². The quantitative estimate of drug-likeness (QED) is 0.135. The third-order valence-electron chi connectivity index (χ3n) is 4.64. The summed E-state index contributed by atoms with van der Waals surface area (Å²) in [5.41, 5.74) is 1.89. The van der Waals surface area contributed by atoms with Crippen LogP contribution in [0.2, 0.25) is 0 Å². The molecule has 0 bridgehead atoms. The first-order chi connectivity index (χ1) is 16.9. The zero-order valence-electron chi connectivity index (χ0n) is 18.1. The van der Waals surface area contributed by atoms with E-state index in [1.54, 1.807) is 60.7 Å². The number of phenolic OH excluding ortho intramolecular Hbond substituents is 1. The molecule has 3 amide bonds. The first kappa shape index (κ1) is 25.7. The van der Waals surface area contributed by atoms with Gasteiger partial charge in [0.2, 0.25) is 0 Å². The zero-order valence-corrected chi connectivity index (χ0v) is 20.3. The summed E-state index contributed by atoms with van der Waals surface area (Å²) in [4.78, 5) is 36.8. The predicted molar refractivity (Wildman–Crippen MR) is 134 cm³/mol. The number of hydrogen-bond donors (Lipinski definition) is 4. The van der Waals surface area contributed by atoms with Crippen LogP contribution in [0.25, 0.3) is 0 Å². The third kappa shape index (κ3) is 7.55. The molecule has 35 heavy (non-hydrogen) atoms. The molecule has 0 saturated carbocycles. The van der Waals surface area contributed by atoms with Crippen LogP contribution in [-0.2, 0) is 9.53 Å². The summed E-state index contributed by atoms with van der Waals surface area (Å²) >= 11 is 2.02. The summed E-state index contributed by atoms with van der Waals surface area (Å²) in [7, 11) is 0. The second-order valence-electron chi connectivity index (χ2n) is 7.08. The highest BCUT2D eigenvalue weighted by atomic mass is 127. The zero-order chi connectivity index (χ0) is 25.2. The van der Waals surface area contributed by atoms with E-state index in [9.17, 15) is 19.5 Å². The number of para-hydroxylation sites is 1. The Labute approximate surface area is 214 Å². The molecule has 3 aromatic rings. The van der Waals surface area contributed by atoms with E-state index in [1.165, 1.54) is 29.8 Å². The SMILES string of the molecule is O=C(/C=C/[C@@H](Oc1ccccc1)[C@H](OC(=O)NC(=O)c1ccccc1)c1cc(I)ccc1O)NO. The first-order valence-electron chi connectivity index (χ1n) is 10.3. The minimum absolute atomic E-state index is 0.175. The number of phenols is 1. The number of hydrogen-bond acceptors (Lipinski definition) is 7. The number of benzene rings is 3. The number of alkyl carbamates (subject to hydrolysis) is 1. The van der Waals surface area contributed by atoms with E-state index in [1.807, 2.05) is 22.6 Å². The van der Waals surface area contributed by atoms with Gasteiger partial charge in [-0.2, -0.15) is 0 Å². The van der Waals surface area contributed by atoms with E-state index in [4.69, 9.17) is 14.7 Å². The van der Waals surface area contributed by atoms with Gasteiger partial charge in [0.1, 0.15) is 11.5 Å². The standard InChI is InChI=1S/C25H21IN2O7/c26-17-11-12-20(29)19(15-17)23(35-25(32)27-24(31)16-7-3-1-4-8-16)21(13-14-22(30)28-33)34-18-9-5-2-6-10-18/h1-15,21,23,29,33H,(H,28,30)(H,27,31,32)/b14-13+/t21-,23-/m1/s1. The molecule has 3 rings (SSSR count). The van der Waals surface area contributed by atoms with E-state index >= 15 is 0 Å². The largest absolute Gasteiger partial charge is 0.508 e. The Bertz CT molecular complexity index is 1200. The maximum Gasteiger partial charge on any atom is 0.414 e. The fourth-order valence-electron chi connectivity index (χ4n) is 3.04. The van der Waals surface area contributed by atoms with Crippen LogP contribution in [0.1, 0.15) is 22.0 Å². The third-order valence-corrected chi connectivity index (χ3v) is 5.31. The summed E-state index contributed by atoms with van der Waals surface area (Å²) < 4.78 is 12.2. The van der Waals surface area contributed by atoms with Gasteiger partial charge in [-0.3, -0.25) is 20.1 Å². The highest BCUT2D eigenvalue weighted by Gasteiger charge is 2.31. The maximum absolute atomic E-state index is 12.7. The molecule has 0 saturated heterocycles. The Hall–Kier alpha value is -3.90. The Kier molecular flexibility index (Phi) is 9.21.